The Bertz CT molecular complexity index is 1270. The molecule has 1 heterocycles. The fraction of sp³-hybridized carbons (Fsp3) is 0.0952. The Labute approximate surface area is 153 Å². The van der Waals surface area contributed by atoms with E-state index < -0.39 is 23.8 Å². The quantitative estimate of drug-likeness (QED) is 0.567. The van der Waals surface area contributed by atoms with Crippen LogP contribution >= 0.6 is 0 Å². The molecule has 0 aliphatic carbocycles. The highest BCUT2D eigenvalue weighted by Crippen LogP contribution is 2.19. The minimum absolute atomic E-state index is 0.0699. The van der Waals surface area contributed by atoms with Crippen LogP contribution < -0.4 is 11.2 Å². The van der Waals surface area contributed by atoms with Gasteiger partial charge in [-0.2, -0.15) is 0 Å². The van der Waals surface area contributed by atoms with Gasteiger partial charge in [-0.3, -0.25) is 9.59 Å². The Kier molecular flexibility index (Phi) is 4.30. The number of rotatable bonds is 4. The third-order valence-electron chi connectivity index (χ3n) is 4.45. The standard InChI is InChI=1S/C21H16N2O4/c24-19(27-13-15-8-5-7-14-6-1-2-9-16(14)15)12-23-20(25)17-10-3-4-11-18(17)22-21(23)26/h1-11H,12-13H2,(H,22,26). The first kappa shape index (κ1) is 16.8. The summed E-state index contributed by atoms with van der Waals surface area (Å²) in [6, 6.07) is 20.2. The lowest BCUT2D eigenvalue weighted by molar-refractivity contribution is -0.145. The Hall–Kier alpha value is -3.67. The number of nitrogens with one attached hydrogen (secondary N) is 1. The van der Waals surface area contributed by atoms with Crippen molar-refractivity contribution >= 4 is 27.6 Å². The van der Waals surface area contributed by atoms with E-state index in [9.17, 15) is 14.4 Å². The Morgan fingerprint density at radius 3 is 2.44 bits per heavy atom. The minimum atomic E-state index is -0.647. The summed E-state index contributed by atoms with van der Waals surface area (Å²) in [7, 11) is 0. The first-order chi connectivity index (χ1) is 13.1. The molecule has 0 atom stereocenters. The van der Waals surface area contributed by atoms with Crippen molar-refractivity contribution < 1.29 is 9.53 Å². The molecule has 27 heavy (non-hydrogen) atoms. The van der Waals surface area contributed by atoms with Crippen molar-refractivity contribution in [1.29, 1.82) is 0 Å². The van der Waals surface area contributed by atoms with Gasteiger partial charge in [0, 0.05) is 0 Å². The Balaban J connectivity index is 1.56. The molecule has 4 aromatic rings. The van der Waals surface area contributed by atoms with Gasteiger partial charge in [-0.15, -0.1) is 0 Å². The average molecular weight is 360 g/mol. The number of fused-ring (bicyclic) bond motifs is 2. The fourth-order valence-corrected chi connectivity index (χ4v) is 3.09. The smallest absolute Gasteiger partial charge is 0.329 e. The highest BCUT2D eigenvalue weighted by molar-refractivity contribution is 5.85. The Morgan fingerprint density at radius 2 is 1.59 bits per heavy atom. The van der Waals surface area contributed by atoms with Crippen LogP contribution in [-0.2, 0) is 22.7 Å². The first-order valence-corrected chi connectivity index (χ1v) is 8.47. The third kappa shape index (κ3) is 3.25. The largest absolute Gasteiger partial charge is 0.459 e. The van der Waals surface area contributed by atoms with E-state index >= 15 is 0 Å². The second kappa shape index (κ2) is 6.92. The van der Waals surface area contributed by atoms with E-state index in [2.05, 4.69) is 4.98 Å². The van der Waals surface area contributed by atoms with Gasteiger partial charge in [-0.25, -0.2) is 9.36 Å². The van der Waals surface area contributed by atoms with Gasteiger partial charge in [0.2, 0.25) is 0 Å². The number of esters is 1. The average Bonchev–Trinajstić information content (AvgIpc) is 2.69. The lowest BCUT2D eigenvalue weighted by Gasteiger charge is -2.09. The highest BCUT2D eigenvalue weighted by Gasteiger charge is 2.12. The van der Waals surface area contributed by atoms with Gasteiger partial charge in [-0.05, 0) is 28.5 Å². The molecule has 0 bridgehead atoms. The summed E-state index contributed by atoms with van der Waals surface area (Å²) in [5.41, 5.74) is 0.145. The maximum Gasteiger partial charge on any atom is 0.329 e. The molecule has 0 saturated carbocycles. The molecule has 0 unspecified atom stereocenters. The molecular weight excluding hydrogens is 344 g/mol. The van der Waals surface area contributed by atoms with Crippen molar-refractivity contribution in [2.45, 2.75) is 13.2 Å². The molecule has 0 saturated heterocycles. The van der Waals surface area contributed by atoms with Crippen LogP contribution in [0.25, 0.3) is 21.7 Å². The van der Waals surface area contributed by atoms with E-state index in [1.807, 2.05) is 42.5 Å². The molecule has 1 N–H and O–H groups in total. The number of carbonyl (C=O) groups is 1. The van der Waals surface area contributed by atoms with Gasteiger partial charge in [0.25, 0.3) is 5.56 Å². The van der Waals surface area contributed by atoms with Crippen molar-refractivity contribution in [2.24, 2.45) is 0 Å². The van der Waals surface area contributed by atoms with Gasteiger partial charge in [0.15, 0.2) is 0 Å². The van der Waals surface area contributed by atoms with Gasteiger partial charge in [0.1, 0.15) is 13.2 Å². The monoisotopic (exact) mass is 360 g/mol. The molecule has 1 aromatic heterocycles. The summed E-state index contributed by atoms with van der Waals surface area (Å²) in [4.78, 5) is 39.4. The van der Waals surface area contributed by atoms with Crippen molar-refractivity contribution in [3.8, 4) is 0 Å². The number of aromatic amines is 1. The topological polar surface area (TPSA) is 81.2 Å². The number of carbonyl (C=O) groups excluding carboxylic acids is 1. The lowest BCUT2D eigenvalue weighted by atomic mass is 10.1. The first-order valence-electron chi connectivity index (χ1n) is 8.47. The minimum Gasteiger partial charge on any atom is -0.459 e. The number of hydrogen-bond acceptors (Lipinski definition) is 4. The summed E-state index contributed by atoms with van der Waals surface area (Å²) in [5, 5.41) is 2.39. The van der Waals surface area contributed by atoms with E-state index in [-0.39, 0.29) is 6.61 Å². The van der Waals surface area contributed by atoms with Crippen LogP contribution in [0, 0.1) is 0 Å². The van der Waals surface area contributed by atoms with Crippen molar-refractivity contribution in [3.05, 3.63) is 93.1 Å². The van der Waals surface area contributed by atoms with Crippen molar-refractivity contribution in [3.63, 3.8) is 0 Å². The number of hydrogen-bond donors (Lipinski definition) is 1. The molecule has 0 aliphatic heterocycles. The molecule has 134 valence electrons. The van der Waals surface area contributed by atoms with Gasteiger partial charge in [0.05, 0.1) is 10.9 Å². The van der Waals surface area contributed by atoms with Crippen LogP contribution in [0.1, 0.15) is 5.56 Å². The third-order valence-corrected chi connectivity index (χ3v) is 4.45. The number of H-pyrrole nitrogens is 1. The van der Waals surface area contributed by atoms with E-state index in [0.29, 0.717) is 10.9 Å². The van der Waals surface area contributed by atoms with Crippen LogP contribution in [0.3, 0.4) is 0 Å². The van der Waals surface area contributed by atoms with Crippen molar-refractivity contribution in [1.82, 2.24) is 9.55 Å². The number of para-hydroxylation sites is 1. The van der Waals surface area contributed by atoms with E-state index in [1.165, 1.54) is 0 Å². The molecule has 6 nitrogen and oxygen atoms in total. The summed E-state index contributed by atoms with van der Waals surface area (Å²) < 4.78 is 6.17. The summed E-state index contributed by atoms with van der Waals surface area (Å²) in [5.74, 6) is -0.647. The lowest BCUT2D eigenvalue weighted by Crippen LogP contribution is -2.37. The predicted octanol–water partition coefficient (Wildman–Crippen LogP) is 2.59. The fourth-order valence-electron chi connectivity index (χ4n) is 3.09. The zero-order chi connectivity index (χ0) is 18.8. The van der Waals surface area contributed by atoms with Crippen LogP contribution in [0.2, 0.25) is 0 Å². The van der Waals surface area contributed by atoms with Gasteiger partial charge >= 0.3 is 11.7 Å². The molecule has 6 heteroatoms. The molecule has 0 aliphatic rings. The Morgan fingerprint density at radius 1 is 0.889 bits per heavy atom. The zero-order valence-electron chi connectivity index (χ0n) is 14.3. The maximum absolute atomic E-state index is 12.5. The number of aromatic nitrogens is 2. The summed E-state index contributed by atoms with van der Waals surface area (Å²) >= 11 is 0. The zero-order valence-corrected chi connectivity index (χ0v) is 14.3. The molecule has 0 fully saturated rings. The number of benzene rings is 3. The molecular formula is C21H16N2O4. The maximum atomic E-state index is 12.5. The summed E-state index contributed by atoms with van der Waals surface area (Å²) in [6.07, 6.45) is 0. The molecule has 4 rings (SSSR count). The van der Waals surface area contributed by atoms with Crippen LogP contribution in [0.5, 0.6) is 0 Å². The second-order valence-electron chi connectivity index (χ2n) is 6.17. The van der Waals surface area contributed by atoms with E-state index in [0.717, 1.165) is 20.9 Å². The number of nitrogens with zero attached hydrogens (tertiary/aromatic N) is 1. The van der Waals surface area contributed by atoms with Crippen LogP contribution in [0.4, 0.5) is 0 Å². The number of ether oxygens (including phenoxy) is 1. The van der Waals surface area contributed by atoms with Crippen molar-refractivity contribution in [2.75, 3.05) is 0 Å². The van der Waals surface area contributed by atoms with E-state index in [1.54, 1.807) is 24.3 Å². The molecule has 0 radical (unpaired) electrons. The van der Waals surface area contributed by atoms with Gasteiger partial charge < -0.3 is 9.72 Å². The van der Waals surface area contributed by atoms with E-state index in [4.69, 9.17) is 4.74 Å². The predicted molar refractivity (Wildman–Crippen MR) is 103 cm³/mol. The SMILES string of the molecule is O=C(Cn1c(=O)[nH]c2ccccc2c1=O)OCc1cccc2ccccc12. The summed E-state index contributed by atoms with van der Waals surface area (Å²) in [6.45, 7) is -0.371. The normalized spacial score (nSPS) is 11.0. The van der Waals surface area contributed by atoms with Crippen LogP contribution in [0.15, 0.2) is 76.3 Å². The van der Waals surface area contributed by atoms with Crippen LogP contribution in [-0.4, -0.2) is 15.5 Å². The molecule has 0 spiro atoms. The molecule has 0 amide bonds. The highest BCUT2D eigenvalue weighted by atomic mass is 16.5. The second-order valence-corrected chi connectivity index (χ2v) is 6.17. The molecule has 3 aromatic carbocycles. The van der Waals surface area contributed by atoms with Gasteiger partial charge in [-0.1, -0.05) is 54.6 Å².